The van der Waals surface area contributed by atoms with Crippen molar-refractivity contribution in [2.45, 2.75) is 0 Å². The summed E-state index contributed by atoms with van der Waals surface area (Å²) in [5.74, 6) is 0. The molecule has 0 saturated heterocycles. The van der Waals surface area contributed by atoms with Gasteiger partial charge in [0, 0.05) is 0 Å². The summed E-state index contributed by atoms with van der Waals surface area (Å²) in [5, 5.41) is 10.7. The van der Waals surface area contributed by atoms with Crippen molar-refractivity contribution in [3.05, 3.63) is 32.6 Å². The van der Waals surface area contributed by atoms with Gasteiger partial charge in [-0.2, -0.15) is 0 Å². The Hall–Kier alpha value is -1.33. The third kappa shape index (κ3) is 1.21. The smallest absolute Gasteiger partial charge is 0.316 e. The molecular weight excluding hydrogens is 229 g/mol. The van der Waals surface area contributed by atoms with Gasteiger partial charge in [0.15, 0.2) is 5.52 Å². The van der Waals surface area contributed by atoms with E-state index in [1.165, 1.54) is 12.4 Å². The van der Waals surface area contributed by atoms with Crippen LogP contribution in [0.25, 0.3) is 11.0 Å². The molecule has 7 heteroatoms. The molecule has 2 rings (SSSR count). The number of benzene rings is 1. The predicted molar refractivity (Wildman–Crippen MR) is 52.8 cm³/mol. The van der Waals surface area contributed by atoms with Crippen LogP contribution < -0.4 is 0 Å². The largest absolute Gasteiger partial charge is 0.344 e. The van der Waals surface area contributed by atoms with Crippen molar-refractivity contribution in [1.82, 2.24) is 9.97 Å². The molecule has 1 N–H and O–H groups in total. The Labute approximate surface area is 87.8 Å². The van der Waals surface area contributed by atoms with Gasteiger partial charge >= 0.3 is 5.69 Å². The molecule has 1 aromatic heterocycles. The van der Waals surface area contributed by atoms with E-state index in [4.69, 9.17) is 23.2 Å². The van der Waals surface area contributed by atoms with Crippen LogP contribution in [0.15, 0.2) is 12.4 Å². The van der Waals surface area contributed by atoms with E-state index in [2.05, 4.69) is 9.97 Å². The van der Waals surface area contributed by atoms with Gasteiger partial charge in [0.05, 0.1) is 21.8 Å². The van der Waals surface area contributed by atoms with Crippen LogP contribution >= 0.6 is 23.2 Å². The van der Waals surface area contributed by atoms with Crippen LogP contribution in [0.3, 0.4) is 0 Å². The first kappa shape index (κ1) is 9.23. The first-order valence-electron chi connectivity index (χ1n) is 3.56. The molecule has 1 aromatic carbocycles. The molecule has 5 nitrogen and oxygen atoms in total. The fourth-order valence-corrected chi connectivity index (χ4v) is 1.59. The number of nitrogens with one attached hydrogen (secondary N) is 1. The maximum atomic E-state index is 10.7. The lowest BCUT2D eigenvalue weighted by atomic mass is 10.2. The Morgan fingerprint density at radius 3 is 2.86 bits per heavy atom. The molecule has 0 aliphatic rings. The van der Waals surface area contributed by atoms with Gasteiger partial charge in [-0.25, -0.2) is 4.98 Å². The van der Waals surface area contributed by atoms with Gasteiger partial charge in [-0.3, -0.25) is 10.1 Å². The molecule has 0 aliphatic heterocycles. The highest BCUT2D eigenvalue weighted by Gasteiger charge is 2.22. The molecule has 0 amide bonds. The maximum Gasteiger partial charge on any atom is 0.316 e. The summed E-state index contributed by atoms with van der Waals surface area (Å²) in [4.78, 5) is 16.6. The molecule has 2 aromatic rings. The molecule has 0 spiro atoms. The second-order valence-electron chi connectivity index (χ2n) is 2.58. The third-order valence-corrected chi connectivity index (χ3v) is 2.54. The van der Waals surface area contributed by atoms with Gasteiger partial charge in [-0.05, 0) is 6.07 Å². The highest BCUT2D eigenvalue weighted by molar-refractivity contribution is 6.44. The number of nitro benzene ring substituents is 1. The molecule has 0 bridgehead atoms. The lowest BCUT2D eigenvalue weighted by molar-refractivity contribution is -0.383. The van der Waals surface area contributed by atoms with E-state index < -0.39 is 4.92 Å². The number of rotatable bonds is 1. The van der Waals surface area contributed by atoms with Crippen LogP contribution in [0.2, 0.25) is 10.0 Å². The van der Waals surface area contributed by atoms with Gasteiger partial charge in [0.25, 0.3) is 0 Å². The first-order chi connectivity index (χ1) is 6.61. The second kappa shape index (κ2) is 3.11. The molecule has 0 radical (unpaired) electrons. The fraction of sp³-hybridized carbons (Fsp3) is 0. The average Bonchev–Trinajstić information content (AvgIpc) is 2.52. The number of aromatic nitrogens is 2. The van der Waals surface area contributed by atoms with Crippen molar-refractivity contribution >= 4 is 39.9 Å². The van der Waals surface area contributed by atoms with E-state index in [0.717, 1.165) is 0 Å². The Kier molecular flexibility index (Phi) is 2.05. The Morgan fingerprint density at radius 1 is 1.50 bits per heavy atom. The van der Waals surface area contributed by atoms with E-state index in [9.17, 15) is 10.1 Å². The Bertz CT molecular complexity index is 523. The minimum atomic E-state index is -0.600. The third-order valence-electron chi connectivity index (χ3n) is 1.76. The highest BCUT2D eigenvalue weighted by atomic mass is 35.5. The molecular formula is C7H3Cl2N3O2. The molecule has 14 heavy (non-hydrogen) atoms. The van der Waals surface area contributed by atoms with E-state index >= 15 is 0 Å². The SMILES string of the molecule is O=[N+]([O-])c1c(Cl)c(Cl)cc2[nH]cnc12. The number of fused-ring (bicyclic) bond motifs is 1. The molecule has 0 unspecified atom stereocenters. The second-order valence-corrected chi connectivity index (χ2v) is 3.36. The predicted octanol–water partition coefficient (Wildman–Crippen LogP) is 2.78. The summed E-state index contributed by atoms with van der Waals surface area (Å²) in [6.07, 6.45) is 1.35. The number of H-pyrrole nitrogens is 1. The van der Waals surface area contributed by atoms with E-state index in [-0.39, 0.29) is 21.2 Å². The first-order valence-corrected chi connectivity index (χ1v) is 4.32. The number of halogens is 2. The van der Waals surface area contributed by atoms with Crippen LogP contribution in [0.5, 0.6) is 0 Å². The molecule has 0 fully saturated rings. The summed E-state index contributed by atoms with van der Waals surface area (Å²) < 4.78 is 0. The summed E-state index contributed by atoms with van der Waals surface area (Å²) in [6, 6.07) is 1.50. The number of hydrogen-bond acceptors (Lipinski definition) is 3. The molecule has 72 valence electrons. The van der Waals surface area contributed by atoms with Crippen molar-refractivity contribution in [2.75, 3.05) is 0 Å². The Morgan fingerprint density at radius 2 is 2.21 bits per heavy atom. The zero-order valence-corrected chi connectivity index (χ0v) is 8.13. The van der Waals surface area contributed by atoms with E-state index in [1.807, 2.05) is 0 Å². The topological polar surface area (TPSA) is 71.8 Å². The molecule has 0 aliphatic carbocycles. The van der Waals surface area contributed by atoms with Crippen molar-refractivity contribution in [3.63, 3.8) is 0 Å². The summed E-state index contributed by atoms with van der Waals surface area (Å²) in [6.45, 7) is 0. The zero-order chi connectivity index (χ0) is 10.3. The van der Waals surface area contributed by atoms with Crippen molar-refractivity contribution in [3.8, 4) is 0 Å². The number of imidazole rings is 1. The molecule has 1 heterocycles. The van der Waals surface area contributed by atoms with Crippen molar-refractivity contribution in [1.29, 1.82) is 0 Å². The highest BCUT2D eigenvalue weighted by Crippen LogP contribution is 2.36. The van der Waals surface area contributed by atoms with Gasteiger partial charge in [-0.1, -0.05) is 23.2 Å². The zero-order valence-electron chi connectivity index (χ0n) is 6.62. The fourth-order valence-electron chi connectivity index (χ4n) is 1.18. The van der Waals surface area contributed by atoms with Crippen LogP contribution in [-0.4, -0.2) is 14.9 Å². The van der Waals surface area contributed by atoms with Gasteiger partial charge in [0.2, 0.25) is 0 Å². The number of hydrogen-bond donors (Lipinski definition) is 1. The Balaban J connectivity index is 2.93. The van der Waals surface area contributed by atoms with Crippen LogP contribution in [-0.2, 0) is 0 Å². The number of nitrogens with zero attached hydrogens (tertiary/aromatic N) is 2. The molecule has 0 saturated carbocycles. The van der Waals surface area contributed by atoms with E-state index in [0.29, 0.717) is 5.52 Å². The molecule has 0 atom stereocenters. The van der Waals surface area contributed by atoms with Crippen molar-refractivity contribution < 1.29 is 4.92 Å². The average molecular weight is 232 g/mol. The minimum absolute atomic E-state index is 0.0868. The monoisotopic (exact) mass is 231 g/mol. The lowest BCUT2D eigenvalue weighted by Crippen LogP contribution is -1.91. The lowest BCUT2D eigenvalue weighted by Gasteiger charge is -1.98. The summed E-state index contributed by atoms with van der Waals surface area (Å²) in [5.41, 5.74) is 0.436. The normalized spacial score (nSPS) is 10.7. The van der Waals surface area contributed by atoms with Gasteiger partial charge in [-0.15, -0.1) is 0 Å². The van der Waals surface area contributed by atoms with Crippen molar-refractivity contribution in [2.24, 2.45) is 0 Å². The van der Waals surface area contributed by atoms with Crippen LogP contribution in [0, 0.1) is 10.1 Å². The van der Waals surface area contributed by atoms with Crippen LogP contribution in [0.1, 0.15) is 0 Å². The maximum absolute atomic E-state index is 10.7. The quantitative estimate of drug-likeness (QED) is 0.606. The summed E-state index contributed by atoms with van der Waals surface area (Å²) in [7, 11) is 0. The van der Waals surface area contributed by atoms with Gasteiger partial charge in [0.1, 0.15) is 5.02 Å². The number of nitro groups is 1. The summed E-state index contributed by atoms with van der Waals surface area (Å²) >= 11 is 11.4. The number of aromatic amines is 1. The van der Waals surface area contributed by atoms with Crippen LogP contribution in [0.4, 0.5) is 5.69 Å². The van der Waals surface area contributed by atoms with E-state index in [1.54, 1.807) is 0 Å². The van der Waals surface area contributed by atoms with Gasteiger partial charge < -0.3 is 4.98 Å². The standard InChI is InChI=1S/C7H3Cl2N3O2/c8-3-1-4-6(11-2-10-4)7(5(3)9)12(13)14/h1-2H,(H,10,11). The minimum Gasteiger partial charge on any atom is -0.344 e.